The van der Waals surface area contributed by atoms with Crippen molar-refractivity contribution in [3.05, 3.63) is 116 Å². The number of benzene rings is 4. The average Bonchev–Trinajstić information content (AvgIpc) is 3.70. The number of rotatable bonds is 6. The Morgan fingerprint density at radius 1 is 0.714 bits per heavy atom. The molecule has 7 rings (SSSR count). The number of fused-ring (bicyclic) bond motifs is 3. The van der Waals surface area contributed by atoms with Crippen molar-refractivity contribution in [2.45, 2.75) is 130 Å². The van der Waals surface area contributed by atoms with Crippen molar-refractivity contribution in [3.8, 4) is 28.0 Å². The van der Waals surface area contributed by atoms with Crippen LogP contribution < -0.4 is 4.74 Å². The summed E-state index contributed by atoms with van der Waals surface area (Å²) < 4.78 is 6.31. The molecule has 0 aromatic heterocycles. The minimum absolute atomic E-state index is 0.0319. The van der Waals surface area contributed by atoms with E-state index < -0.39 is 0 Å². The highest BCUT2D eigenvalue weighted by Gasteiger charge is 2.37. The van der Waals surface area contributed by atoms with Gasteiger partial charge in [0, 0.05) is 17.0 Å². The van der Waals surface area contributed by atoms with Crippen LogP contribution in [-0.2, 0) is 30.1 Å². The molecule has 3 aliphatic carbocycles. The Labute approximate surface area is 297 Å². The van der Waals surface area contributed by atoms with E-state index in [9.17, 15) is 0 Å². The molecule has 3 aliphatic rings. The molecule has 0 aliphatic heterocycles. The zero-order chi connectivity index (χ0) is 35.0. The quantitative estimate of drug-likeness (QED) is 0.202. The molecule has 0 fully saturated rings. The lowest BCUT2D eigenvalue weighted by Crippen LogP contribution is -2.15. The van der Waals surface area contributed by atoms with Gasteiger partial charge in [-0.1, -0.05) is 126 Å². The van der Waals surface area contributed by atoms with E-state index in [1.165, 1.54) is 94.2 Å². The molecular weight excluding hydrogens is 593 g/mol. The van der Waals surface area contributed by atoms with Crippen molar-refractivity contribution >= 4 is 6.08 Å². The van der Waals surface area contributed by atoms with E-state index in [-0.39, 0.29) is 10.8 Å². The smallest absolute Gasteiger partial charge is 0.131 e. The normalized spacial score (nSPS) is 19.9. The molecular formula is C48H58O. The third-order valence-corrected chi connectivity index (χ3v) is 12.1. The summed E-state index contributed by atoms with van der Waals surface area (Å²) >= 11 is 0. The summed E-state index contributed by atoms with van der Waals surface area (Å²) in [5.41, 5.74) is 22.0. The highest BCUT2D eigenvalue weighted by molar-refractivity contribution is 5.88. The lowest BCUT2D eigenvalue weighted by atomic mass is 9.78. The number of hydrogen-bond donors (Lipinski definition) is 0. The number of aryl methyl sites for hydroxylation is 3. The van der Waals surface area contributed by atoms with Crippen LogP contribution >= 0.6 is 0 Å². The van der Waals surface area contributed by atoms with Crippen LogP contribution in [0.25, 0.3) is 28.3 Å². The van der Waals surface area contributed by atoms with Crippen LogP contribution in [0.1, 0.15) is 142 Å². The number of ether oxygens (including phenoxy) is 1. The van der Waals surface area contributed by atoms with Gasteiger partial charge in [0.2, 0.25) is 0 Å². The van der Waals surface area contributed by atoms with Crippen LogP contribution in [0.4, 0.5) is 0 Å². The number of methoxy groups -OCH3 is 1. The summed E-state index contributed by atoms with van der Waals surface area (Å²) in [4.78, 5) is 0. The Bertz CT molecular complexity index is 1930. The molecule has 0 saturated carbocycles. The van der Waals surface area contributed by atoms with Gasteiger partial charge in [0.1, 0.15) is 5.75 Å². The van der Waals surface area contributed by atoms with E-state index in [0.29, 0.717) is 17.8 Å². The van der Waals surface area contributed by atoms with E-state index in [1.807, 2.05) is 7.11 Å². The van der Waals surface area contributed by atoms with Gasteiger partial charge in [0.25, 0.3) is 0 Å². The predicted molar refractivity (Wildman–Crippen MR) is 210 cm³/mol. The summed E-state index contributed by atoms with van der Waals surface area (Å²) in [6.45, 7) is 23.3. The molecule has 0 amide bonds. The van der Waals surface area contributed by atoms with Crippen molar-refractivity contribution in [1.82, 2.24) is 0 Å². The SMILES string of the molecule is COc1c(C(C)(C)C)cc2c(c1-c1cc(C)cc(C)c1)C=C(C)C2CCC1c2cc3c(c(-c4ccc(C(C)(C)C)cc4)c2CC1C)CCC3. The Kier molecular flexibility index (Phi) is 8.53. The van der Waals surface area contributed by atoms with Gasteiger partial charge in [-0.05, 0) is 138 Å². The molecule has 3 atom stereocenters. The van der Waals surface area contributed by atoms with Crippen LogP contribution in [0.2, 0.25) is 0 Å². The Morgan fingerprint density at radius 2 is 1.41 bits per heavy atom. The molecule has 0 radical (unpaired) electrons. The average molecular weight is 651 g/mol. The summed E-state index contributed by atoms with van der Waals surface area (Å²) in [6.07, 6.45) is 9.83. The zero-order valence-corrected chi connectivity index (χ0v) is 32.2. The monoisotopic (exact) mass is 650 g/mol. The lowest BCUT2D eigenvalue weighted by Gasteiger charge is -2.28. The van der Waals surface area contributed by atoms with E-state index in [2.05, 4.69) is 130 Å². The van der Waals surface area contributed by atoms with Crippen molar-refractivity contribution in [2.24, 2.45) is 5.92 Å². The molecule has 0 spiro atoms. The first kappa shape index (κ1) is 33.9. The first-order valence-corrected chi connectivity index (χ1v) is 19.0. The second-order valence-electron chi connectivity index (χ2n) is 17.9. The Balaban J connectivity index is 1.27. The maximum Gasteiger partial charge on any atom is 0.131 e. The van der Waals surface area contributed by atoms with E-state index in [4.69, 9.17) is 4.74 Å². The molecule has 3 unspecified atom stereocenters. The van der Waals surface area contributed by atoms with Gasteiger partial charge >= 0.3 is 0 Å². The summed E-state index contributed by atoms with van der Waals surface area (Å²) in [5.74, 6) is 2.73. The summed E-state index contributed by atoms with van der Waals surface area (Å²) in [7, 11) is 1.86. The topological polar surface area (TPSA) is 9.23 Å². The van der Waals surface area contributed by atoms with Gasteiger partial charge < -0.3 is 4.74 Å². The van der Waals surface area contributed by atoms with Gasteiger partial charge in [-0.3, -0.25) is 0 Å². The van der Waals surface area contributed by atoms with Crippen molar-refractivity contribution in [1.29, 1.82) is 0 Å². The molecule has 4 aromatic rings. The van der Waals surface area contributed by atoms with E-state index >= 15 is 0 Å². The maximum atomic E-state index is 6.31. The van der Waals surface area contributed by atoms with Crippen LogP contribution in [0, 0.1) is 19.8 Å². The molecule has 4 aromatic carbocycles. The van der Waals surface area contributed by atoms with E-state index in [1.54, 1.807) is 27.8 Å². The molecule has 49 heavy (non-hydrogen) atoms. The molecule has 0 saturated heterocycles. The first-order chi connectivity index (χ1) is 23.2. The van der Waals surface area contributed by atoms with Gasteiger partial charge in [-0.25, -0.2) is 0 Å². The third-order valence-electron chi connectivity index (χ3n) is 12.1. The first-order valence-electron chi connectivity index (χ1n) is 19.0. The highest BCUT2D eigenvalue weighted by atomic mass is 16.5. The van der Waals surface area contributed by atoms with E-state index in [0.717, 1.165) is 5.75 Å². The number of hydrogen-bond acceptors (Lipinski definition) is 1. The third kappa shape index (κ3) is 6.00. The van der Waals surface area contributed by atoms with Crippen molar-refractivity contribution in [2.75, 3.05) is 7.11 Å². The fourth-order valence-corrected chi connectivity index (χ4v) is 9.68. The van der Waals surface area contributed by atoms with Crippen LogP contribution in [0.5, 0.6) is 5.75 Å². The van der Waals surface area contributed by atoms with Gasteiger partial charge in [-0.2, -0.15) is 0 Å². The summed E-state index contributed by atoms with van der Waals surface area (Å²) in [5, 5.41) is 0. The Morgan fingerprint density at radius 3 is 2.04 bits per heavy atom. The molecule has 256 valence electrons. The molecule has 0 bridgehead atoms. The minimum Gasteiger partial charge on any atom is -0.496 e. The lowest BCUT2D eigenvalue weighted by molar-refractivity contribution is 0.398. The number of allylic oxidation sites excluding steroid dienone is 1. The molecule has 1 nitrogen and oxygen atoms in total. The second-order valence-corrected chi connectivity index (χ2v) is 17.9. The van der Waals surface area contributed by atoms with Gasteiger partial charge in [-0.15, -0.1) is 0 Å². The Hall–Kier alpha value is -3.58. The largest absolute Gasteiger partial charge is 0.496 e. The van der Waals surface area contributed by atoms with Crippen LogP contribution in [0.3, 0.4) is 0 Å². The van der Waals surface area contributed by atoms with Crippen molar-refractivity contribution < 1.29 is 4.74 Å². The minimum atomic E-state index is -0.0319. The van der Waals surface area contributed by atoms with Gasteiger partial charge in [0.15, 0.2) is 0 Å². The van der Waals surface area contributed by atoms with Gasteiger partial charge in [0.05, 0.1) is 7.11 Å². The standard InChI is InChI=1S/C48H58O/c1-28-21-29(2)23-34(22-28)45-42-25-31(4)37(40(42)27-43(46(45)49-11)48(8,9)10)20-19-36-30(3)24-41-39(36)26-33-13-12-14-38(33)44(41)32-15-17-35(18-16-32)47(5,6)7/h15-18,21-23,25-27,30,36-37H,12-14,19-20,24H2,1-11H3. The second kappa shape index (κ2) is 12.3. The van der Waals surface area contributed by atoms with Crippen LogP contribution in [-0.4, -0.2) is 7.11 Å². The molecule has 1 heteroatoms. The highest BCUT2D eigenvalue weighted by Crippen LogP contribution is 2.53. The molecule has 0 N–H and O–H groups in total. The summed E-state index contributed by atoms with van der Waals surface area (Å²) in [6, 6.07) is 21.7. The van der Waals surface area contributed by atoms with Crippen molar-refractivity contribution in [3.63, 3.8) is 0 Å². The maximum absolute atomic E-state index is 6.31. The predicted octanol–water partition coefficient (Wildman–Crippen LogP) is 13.0. The zero-order valence-electron chi connectivity index (χ0n) is 32.2. The van der Waals surface area contributed by atoms with Crippen LogP contribution in [0.15, 0.2) is 60.2 Å². The molecule has 0 heterocycles. The fourth-order valence-electron chi connectivity index (χ4n) is 9.68. The fraction of sp³-hybridized carbons (Fsp3) is 0.458.